The third kappa shape index (κ3) is 2.13. The van der Waals surface area contributed by atoms with Crippen LogP contribution in [0.3, 0.4) is 0 Å². The van der Waals surface area contributed by atoms with Crippen LogP contribution in [0.15, 0.2) is 0 Å². The van der Waals surface area contributed by atoms with Crippen LogP contribution < -0.4 is 5.73 Å². The highest BCUT2D eigenvalue weighted by molar-refractivity contribution is 4.94. The Morgan fingerprint density at radius 1 is 1.19 bits per heavy atom. The first-order chi connectivity index (χ1) is 7.76. The van der Waals surface area contributed by atoms with Gasteiger partial charge in [0.25, 0.3) is 0 Å². The fraction of sp³-hybridized carbons (Fsp3) is 1.00. The Labute approximate surface area is 98.3 Å². The molecule has 0 radical (unpaired) electrons. The lowest BCUT2D eigenvalue weighted by atomic mass is 9.98. The Bertz CT molecular complexity index is 250. The van der Waals surface area contributed by atoms with Crippen molar-refractivity contribution in [3.8, 4) is 0 Å². The summed E-state index contributed by atoms with van der Waals surface area (Å²) in [5, 5.41) is 0. The molecule has 1 spiro atoms. The third-order valence-electron chi connectivity index (χ3n) is 4.62. The van der Waals surface area contributed by atoms with Gasteiger partial charge in [-0.1, -0.05) is 12.8 Å². The van der Waals surface area contributed by atoms with E-state index in [1.165, 1.54) is 45.1 Å². The maximum absolute atomic E-state index is 6.32. The van der Waals surface area contributed by atoms with Gasteiger partial charge in [-0.25, -0.2) is 0 Å². The molecule has 16 heavy (non-hydrogen) atoms. The molecule has 2 atom stereocenters. The van der Waals surface area contributed by atoms with Gasteiger partial charge in [0.15, 0.2) is 0 Å². The maximum Gasteiger partial charge on any atom is 0.0710 e. The highest BCUT2D eigenvalue weighted by Crippen LogP contribution is 2.43. The number of likely N-dealkylation sites (tertiary alicyclic amines) is 1. The minimum atomic E-state index is 0.298. The van der Waals surface area contributed by atoms with Crippen LogP contribution in [0.5, 0.6) is 0 Å². The van der Waals surface area contributed by atoms with Crippen molar-refractivity contribution in [2.45, 2.75) is 62.7 Å². The van der Waals surface area contributed by atoms with Crippen LogP contribution in [-0.4, -0.2) is 42.3 Å². The number of hydrogen-bond donors (Lipinski definition) is 1. The Balaban J connectivity index is 1.50. The summed E-state index contributed by atoms with van der Waals surface area (Å²) in [4.78, 5) is 2.49. The average molecular weight is 224 g/mol. The van der Waals surface area contributed by atoms with Gasteiger partial charge in [-0.2, -0.15) is 0 Å². The molecule has 0 aromatic carbocycles. The molecule has 0 bridgehead atoms. The Morgan fingerprint density at radius 2 is 2.00 bits per heavy atom. The lowest BCUT2D eigenvalue weighted by molar-refractivity contribution is -0.0453. The van der Waals surface area contributed by atoms with Crippen molar-refractivity contribution in [3.05, 3.63) is 0 Å². The van der Waals surface area contributed by atoms with E-state index >= 15 is 0 Å². The molecule has 2 saturated heterocycles. The zero-order valence-corrected chi connectivity index (χ0v) is 10.2. The van der Waals surface area contributed by atoms with Crippen LogP contribution in [0, 0.1) is 0 Å². The number of hydrogen-bond acceptors (Lipinski definition) is 3. The third-order valence-corrected chi connectivity index (χ3v) is 4.62. The van der Waals surface area contributed by atoms with Crippen LogP contribution in [0.25, 0.3) is 0 Å². The van der Waals surface area contributed by atoms with Gasteiger partial charge in [-0.05, 0) is 38.6 Å². The summed E-state index contributed by atoms with van der Waals surface area (Å²) in [6, 6.07) is 0.404. The van der Waals surface area contributed by atoms with Gasteiger partial charge in [-0.15, -0.1) is 0 Å². The fourth-order valence-corrected chi connectivity index (χ4v) is 3.73. The van der Waals surface area contributed by atoms with E-state index in [9.17, 15) is 0 Å². The largest absolute Gasteiger partial charge is 0.370 e. The van der Waals surface area contributed by atoms with E-state index in [0.29, 0.717) is 17.7 Å². The van der Waals surface area contributed by atoms with Crippen molar-refractivity contribution in [1.82, 2.24) is 4.90 Å². The van der Waals surface area contributed by atoms with Crippen molar-refractivity contribution in [2.24, 2.45) is 5.73 Å². The van der Waals surface area contributed by atoms with Crippen LogP contribution in [0.2, 0.25) is 0 Å². The molecule has 2 aliphatic heterocycles. The lowest BCUT2D eigenvalue weighted by Crippen LogP contribution is -2.34. The molecular formula is C13H24N2O. The van der Waals surface area contributed by atoms with Crippen molar-refractivity contribution in [1.29, 1.82) is 0 Å². The summed E-state index contributed by atoms with van der Waals surface area (Å²) in [6.45, 7) is 3.37. The number of nitrogens with two attached hydrogens (primary N) is 1. The molecule has 2 N–H and O–H groups in total. The SMILES string of the molecule is N[C@H]1CCN(CC2CCC3(CCCC3)O2)C1. The topological polar surface area (TPSA) is 38.5 Å². The Kier molecular flexibility index (Phi) is 2.94. The second kappa shape index (κ2) is 4.28. The highest BCUT2D eigenvalue weighted by atomic mass is 16.5. The van der Waals surface area contributed by atoms with Crippen molar-refractivity contribution >= 4 is 0 Å². The summed E-state index contributed by atoms with van der Waals surface area (Å²) in [6.07, 6.45) is 9.60. The zero-order valence-electron chi connectivity index (χ0n) is 10.2. The number of ether oxygens (including phenoxy) is 1. The van der Waals surface area contributed by atoms with Gasteiger partial charge in [0, 0.05) is 19.1 Å². The quantitative estimate of drug-likeness (QED) is 0.772. The lowest BCUT2D eigenvalue weighted by Gasteiger charge is -2.26. The average Bonchev–Trinajstić information content (AvgIpc) is 2.94. The van der Waals surface area contributed by atoms with E-state index in [2.05, 4.69) is 4.90 Å². The summed E-state index contributed by atoms with van der Waals surface area (Å²) in [5.41, 5.74) is 6.23. The first-order valence-electron chi connectivity index (χ1n) is 6.92. The minimum Gasteiger partial charge on any atom is -0.370 e. The van der Waals surface area contributed by atoms with E-state index in [-0.39, 0.29) is 0 Å². The van der Waals surface area contributed by atoms with Crippen molar-refractivity contribution in [3.63, 3.8) is 0 Å². The standard InChI is InChI=1S/C13H24N2O/c14-11-4-8-15(9-11)10-12-3-7-13(16-12)5-1-2-6-13/h11-12H,1-10,14H2/t11-,12?/m0/s1. The van der Waals surface area contributed by atoms with Gasteiger partial charge < -0.3 is 10.5 Å². The van der Waals surface area contributed by atoms with Gasteiger partial charge in [0.2, 0.25) is 0 Å². The molecule has 0 amide bonds. The Hall–Kier alpha value is -0.120. The molecule has 3 heteroatoms. The minimum absolute atomic E-state index is 0.298. The molecular weight excluding hydrogens is 200 g/mol. The molecule has 3 fully saturated rings. The first-order valence-corrected chi connectivity index (χ1v) is 6.92. The second-order valence-electron chi connectivity index (χ2n) is 5.98. The van der Waals surface area contributed by atoms with E-state index in [0.717, 1.165) is 19.5 Å². The van der Waals surface area contributed by atoms with Gasteiger partial charge in [0.05, 0.1) is 11.7 Å². The van der Waals surface area contributed by atoms with E-state index in [1.54, 1.807) is 0 Å². The van der Waals surface area contributed by atoms with E-state index < -0.39 is 0 Å². The maximum atomic E-state index is 6.32. The second-order valence-corrected chi connectivity index (χ2v) is 5.98. The van der Waals surface area contributed by atoms with Gasteiger partial charge in [0.1, 0.15) is 0 Å². The predicted octanol–water partition coefficient (Wildman–Crippen LogP) is 1.51. The Morgan fingerprint density at radius 3 is 2.69 bits per heavy atom. The smallest absolute Gasteiger partial charge is 0.0710 e. The summed E-state index contributed by atoms with van der Waals surface area (Å²) < 4.78 is 6.32. The molecule has 0 aromatic heterocycles. The molecule has 92 valence electrons. The van der Waals surface area contributed by atoms with Crippen molar-refractivity contribution in [2.75, 3.05) is 19.6 Å². The summed E-state index contributed by atoms with van der Waals surface area (Å²) in [5.74, 6) is 0. The van der Waals surface area contributed by atoms with Crippen LogP contribution in [-0.2, 0) is 4.74 Å². The van der Waals surface area contributed by atoms with Gasteiger partial charge >= 0.3 is 0 Å². The van der Waals surface area contributed by atoms with Crippen molar-refractivity contribution < 1.29 is 4.74 Å². The summed E-state index contributed by atoms with van der Waals surface area (Å²) >= 11 is 0. The molecule has 3 rings (SSSR count). The number of nitrogens with zero attached hydrogens (tertiary/aromatic N) is 1. The van der Waals surface area contributed by atoms with E-state index in [4.69, 9.17) is 10.5 Å². The molecule has 3 aliphatic rings. The van der Waals surface area contributed by atoms with Gasteiger partial charge in [-0.3, -0.25) is 4.90 Å². The monoisotopic (exact) mass is 224 g/mol. The van der Waals surface area contributed by atoms with Crippen LogP contribution in [0.4, 0.5) is 0 Å². The molecule has 1 unspecified atom stereocenters. The molecule has 3 nitrogen and oxygen atoms in total. The fourth-order valence-electron chi connectivity index (χ4n) is 3.73. The number of rotatable bonds is 2. The molecule has 1 aliphatic carbocycles. The zero-order chi connectivity index (χ0) is 11.0. The van der Waals surface area contributed by atoms with Crippen LogP contribution >= 0.6 is 0 Å². The molecule has 0 aromatic rings. The first kappa shape index (κ1) is 11.0. The summed E-state index contributed by atoms with van der Waals surface area (Å²) in [7, 11) is 0. The molecule has 1 saturated carbocycles. The predicted molar refractivity (Wildman–Crippen MR) is 64.3 cm³/mol. The van der Waals surface area contributed by atoms with Crippen LogP contribution in [0.1, 0.15) is 44.9 Å². The van der Waals surface area contributed by atoms with E-state index in [1.807, 2.05) is 0 Å². The normalized spacial score (nSPS) is 38.8. The molecule has 2 heterocycles. The highest BCUT2D eigenvalue weighted by Gasteiger charge is 2.42.